The molecule has 0 spiro atoms. The van der Waals surface area contributed by atoms with E-state index in [1.165, 1.54) is 10.9 Å². The SMILES string of the molecule is CO[Si](CCCNP1Oc2ccccc2-c2ccccc21)(OC)OC. The summed E-state index contributed by atoms with van der Waals surface area (Å²) in [6, 6.07) is 17.4. The van der Waals surface area contributed by atoms with Crippen molar-refractivity contribution in [3.05, 3.63) is 48.5 Å². The molecule has 0 aliphatic carbocycles. The maximum atomic E-state index is 6.24. The largest absolute Gasteiger partial charge is 0.500 e. The number of fused-ring (bicyclic) bond motifs is 3. The first-order valence-corrected chi connectivity index (χ1v) is 11.5. The standard InChI is InChI=1S/C18H24NO4PSi/c1-20-25(21-2,22-3)14-8-13-19-24-18-12-7-5-10-16(18)15-9-4-6-11-17(15)23-24/h4-7,9-12,19H,8,13-14H2,1-3H3. The lowest BCUT2D eigenvalue weighted by Gasteiger charge is -2.29. The molecule has 1 heterocycles. The molecule has 1 atom stereocenters. The fourth-order valence-corrected chi connectivity index (χ4v) is 6.36. The zero-order valence-electron chi connectivity index (χ0n) is 14.8. The lowest BCUT2D eigenvalue weighted by Crippen LogP contribution is -2.43. The molecule has 0 aromatic heterocycles. The molecule has 1 aliphatic heterocycles. The summed E-state index contributed by atoms with van der Waals surface area (Å²) in [5.41, 5.74) is 2.40. The zero-order chi connectivity index (χ0) is 17.7. The van der Waals surface area contributed by atoms with Gasteiger partial charge in [-0.05, 0) is 24.1 Å². The molecule has 0 bridgehead atoms. The van der Waals surface area contributed by atoms with Gasteiger partial charge in [0.15, 0.2) is 8.30 Å². The molecule has 25 heavy (non-hydrogen) atoms. The number of para-hydroxylation sites is 1. The molecule has 7 heteroatoms. The van der Waals surface area contributed by atoms with Gasteiger partial charge in [0.2, 0.25) is 0 Å². The van der Waals surface area contributed by atoms with Crippen molar-refractivity contribution in [1.29, 1.82) is 0 Å². The van der Waals surface area contributed by atoms with Crippen LogP contribution in [0.15, 0.2) is 48.5 Å². The fraction of sp³-hybridized carbons (Fsp3) is 0.333. The maximum Gasteiger partial charge on any atom is 0.500 e. The van der Waals surface area contributed by atoms with Gasteiger partial charge >= 0.3 is 8.80 Å². The van der Waals surface area contributed by atoms with Gasteiger partial charge < -0.3 is 17.8 Å². The van der Waals surface area contributed by atoms with Gasteiger partial charge in [0.1, 0.15) is 5.75 Å². The van der Waals surface area contributed by atoms with Crippen LogP contribution < -0.4 is 14.9 Å². The minimum absolute atomic E-state index is 0.769. The Balaban J connectivity index is 1.66. The second kappa shape index (κ2) is 8.41. The Morgan fingerprint density at radius 1 is 0.920 bits per heavy atom. The summed E-state index contributed by atoms with van der Waals surface area (Å²) in [6.07, 6.45) is 0.897. The highest BCUT2D eigenvalue weighted by Gasteiger charge is 2.37. The van der Waals surface area contributed by atoms with Crippen LogP contribution >= 0.6 is 8.30 Å². The minimum atomic E-state index is -2.51. The summed E-state index contributed by atoms with van der Waals surface area (Å²) >= 11 is 0. The lowest BCUT2D eigenvalue weighted by atomic mass is 10.0. The van der Waals surface area contributed by atoms with Gasteiger partial charge in [0.05, 0.1) is 0 Å². The summed E-state index contributed by atoms with van der Waals surface area (Å²) in [5, 5.41) is 4.79. The van der Waals surface area contributed by atoms with Crippen molar-refractivity contribution in [2.45, 2.75) is 12.5 Å². The Hall–Kier alpha value is -1.27. The third kappa shape index (κ3) is 3.95. The molecular weight excluding hydrogens is 353 g/mol. The lowest BCUT2D eigenvalue weighted by molar-refractivity contribution is 0.123. The van der Waals surface area contributed by atoms with Gasteiger partial charge in [0, 0.05) is 44.8 Å². The Kier molecular flexibility index (Phi) is 6.23. The van der Waals surface area contributed by atoms with Gasteiger partial charge in [-0.25, -0.2) is 0 Å². The molecule has 0 radical (unpaired) electrons. The van der Waals surface area contributed by atoms with E-state index in [-0.39, 0.29) is 0 Å². The molecule has 3 rings (SSSR count). The van der Waals surface area contributed by atoms with Crippen molar-refractivity contribution < 1.29 is 17.8 Å². The molecule has 0 saturated carbocycles. The number of hydrogen-bond acceptors (Lipinski definition) is 5. The van der Waals surface area contributed by atoms with Crippen LogP contribution in [0.4, 0.5) is 0 Å². The molecule has 0 fully saturated rings. The van der Waals surface area contributed by atoms with E-state index >= 15 is 0 Å². The Labute approximate surface area is 151 Å². The van der Waals surface area contributed by atoms with Crippen molar-refractivity contribution >= 4 is 22.4 Å². The first-order chi connectivity index (χ1) is 12.2. The van der Waals surface area contributed by atoms with Crippen LogP contribution in [0.5, 0.6) is 5.75 Å². The highest BCUT2D eigenvalue weighted by atomic mass is 31.2. The molecule has 0 saturated heterocycles. The van der Waals surface area contributed by atoms with Crippen LogP contribution in [0.25, 0.3) is 11.1 Å². The normalized spacial score (nSPS) is 16.0. The van der Waals surface area contributed by atoms with E-state index in [2.05, 4.69) is 35.4 Å². The zero-order valence-corrected chi connectivity index (χ0v) is 16.7. The van der Waals surface area contributed by atoms with Gasteiger partial charge in [-0.2, -0.15) is 0 Å². The topological polar surface area (TPSA) is 49.0 Å². The molecular formula is C18H24NO4PSi. The number of benzene rings is 2. The van der Waals surface area contributed by atoms with E-state index in [1.54, 1.807) is 21.3 Å². The third-order valence-corrected chi connectivity index (χ3v) is 8.89. The molecule has 2 aromatic carbocycles. The number of nitrogens with one attached hydrogen (secondary N) is 1. The van der Waals surface area contributed by atoms with Gasteiger partial charge in [-0.3, -0.25) is 5.09 Å². The van der Waals surface area contributed by atoms with Crippen LogP contribution in [0.2, 0.25) is 6.04 Å². The van der Waals surface area contributed by atoms with Crippen LogP contribution in [-0.2, 0) is 13.3 Å². The number of rotatable bonds is 8. The van der Waals surface area contributed by atoms with E-state index in [1.807, 2.05) is 18.2 Å². The van der Waals surface area contributed by atoms with Crippen LogP contribution in [0.3, 0.4) is 0 Å². The highest BCUT2D eigenvalue weighted by Crippen LogP contribution is 2.46. The second-order valence-corrected chi connectivity index (χ2v) is 10.4. The van der Waals surface area contributed by atoms with Crippen molar-refractivity contribution in [3.8, 4) is 16.9 Å². The summed E-state index contributed by atoms with van der Waals surface area (Å²) in [7, 11) is 1.54. The Morgan fingerprint density at radius 2 is 1.56 bits per heavy atom. The molecule has 1 N–H and O–H groups in total. The first kappa shape index (κ1) is 18.5. The van der Waals surface area contributed by atoms with Crippen molar-refractivity contribution in [2.24, 2.45) is 0 Å². The molecule has 5 nitrogen and oxygen atoms in total. The fourth-order valence-electron chi connectivity index (χ4n) is 2.95. The Morgan fingerprint density at radius 3 is 2.28 bits per heavy atom. The van der Waals surface area contributed by atoms with E-state index in [9.17, 15) is 0 Å². The summed E-state index contributed by atoms with van der Waals surface area (Å²) in [6.45, 7) is 0.813. The van der Waals surface area contributed by atoms with E-state index in [0.717, 1.165) is 30.3 Å². The molecule has 1 unspecified atom stereocenters. The molecule has 0 amide bonds. The van der Waals surface area contributed by atoms with Gasteiger partial charge in [0.25, 0.3) is 0 Å². The molecule has 134 valence electrons. The van der Waals surface area contributed by atoms with Gasteiger partial charge in [-0.1, -0.05) is 36.4 Å². The number of hydrogen-bond donors (Lipinski definition) is 1. The second-order valence-electron chi connectivity index (χ2n) is 5.71. The third-order valence-electron chi connectivity index (χ3n) is 4.34. The quantitative estimate of drug-likeness (QED) is 0.433. The summed E-state index contributed by atoms with van der Waals surface area (Å²) < 4.78 is 22.7. The van der Waals surface area contributed by atoms with Gasteiger partial charge in [-0.15, -0.1) is 0 Å². The van der Waals surface area contributed by atoms with Crippen molar-refractivity contribution in [2.75, 3.05) is 27.9 Å². The maximum absolute atomic E-state index is 6.24. The van der Waals surface area contributed by atoms with Crippen LogP contribution in [0, 0.1) is 0 Å². The first-order valence-electron chi connectivity index (χ1n) is 8.28. The van der Waals surface area contributed by atoms with E-state index in [4.69, 9.17) is 17.8 Å². The minimum Gasteiger partial charge on any atom is -0.453 e. The van der Waals surface area contributed by atoms with Crippen molar-refractivity contribution in [3.63, 3.8) is 0 Å². The molecule has 2 aromatic rings. The predicted molar refractivity (Wildman–Crippen MR) is 103 cm³/mol. The summed E-state index contributed by atoms with van der Waals surface area (Å²) in [5.74, 6) is 0.939. The highest BCUT2D eigenvalue weighted by molar-refractivity contribution is 7.59. The van der Waals surface area contributed by atoms with E-state index < -0.39 is 17.1 Å². The average Bonchev–Trinajstić information content (AvgIpc) is 2.68. The van der Waals surface area contributed by atoms with Crippen molar-refractivity contribution in [1.82, 2.24) is 5.09 Å². The smallest absolute Gasteiger partial charge is 0.453 e. The Bertz CT molecular complexity index is 703. The van der Waals surface area contributed by atoms with Crippen LogP contribution in [0.1, 0.15) is 6.42 Å². The predicted octanol–water partition coefficient (Wildman–Crippen LogP) is 3.54. The van der Waals surface area contributed by atoms with Crippen LogP contribution in [-0.4, -0.2) is 36.7 Å². The monoisotopic (exact) mass is 377 g/mol. The average molecular weight is 377 g/mol. The summed E-state index contributed by atoms with van der Waals surface area (Å²) in [4.78, 5) is 0. The van der Waals surface area contributed by atoms with E-state index in [0.29, 0.717) is 0 Å². The molecule has 1 aliphatic rings.